The zero-order chi connectivity index (χ0) is 42.2. The number of aromatic nitrogens is 6. The van der Waals surface area contributed by atoms with Crippen LogP contribution in [0.3, 0.4) is 0 Å². The minimum Gasteiger partial charge on any atom is -0.372 e. The Balaban J connectivity index is 0.722. The Labute approximate surface area is 350 Å². The fraction of sp³-hybridized carbons (Fsp3) is 0.429. The number of nitrogens with one attached hydrogen (secondary N) is 3. The molecular weight excluding hydrogens is 785 g/mol. The molecule has 9 rings (SSSR count). The molecule has 316 valence electrons. The first kappa shape index (κ1) is 39.7. The van der Waals surface area contributed by atoms with Gasteiger partial charge in [-0.25, -0.2) is 14.3 Å². The number of pyridine rings is 1. The quantitative estimate of drug-likeness (QED) is 0.126. The lowest BCUT2D eigenvalue weighted by atomic mass is 10.0. The van der Waals surface area contributed by atoms with Gasteiger partial charge in [0.15, 0.2) is 5.65 Å². The molecule has 0 radical (unpaired) electrons. The first-order chi connectivity index (χ1) is 29.6. The van der Waals surface area contributed by atoms with Crippen LogP contribution in [0.25, 0.3) is 17.2 Å². The number of piperidine rings is 1. The summed E-state index contributed by atoms with van der Waals surface area (Å²) in [5.74, 6) is -0.0356. The maximum atomic E-state index is 13.1. The lowest BCUT2D eigenvalue weighted by Crippen LogP contribution is -2.52. The summed E-state index contributed by atoms with van der Waals surface area (Å²) in [7, 11) is 0. The van der Waals surface area contributed by atoms with E-state index in [1.54, 1.807) is 21.7 Å². The van der Waals surface area contributed by atoms with Gasteiger partial charge in [0, 0.05) is 75.9 Å². The predicted octanol–water partition coefficient (Wildman–Crippen LogP) is 4.11. The van der Waals surface area contributed by atoms with E-state index in [1.165, 1.54) is 6.20 Å². The Bertz CT molecular complexity index is 2540. The SMILES string of the molecule is Cc1cc2ncc(NC(=O)Nc3cnc(-c4noc(CCCCC(=O)N5CCN(c6ccc7c(c6)CN(C6CCC(=O)NC6=O)C7=O)CC5)n4)c(C)c3)c(C3CCCO3)n2n1. The molecule has 61 heavy (non-hydrogen) atoms. The van der Waals surface area contributed by atoms with Gasteiger partial charge in [-0.15, -0.1) is 0 Å². The monoisotopic (exact) mass is 830 g/mol. The highest BCUT2D eigenvalue weighted by Crippen LogP contribution is 2.34. The molecule has 19 nitrogen and oxygen atoms in total. The summed E-state index contributed by atoms with van der Waals surface area (Å²) in [6.45, 7) is 7.22. The van der Waals surface area contributed by atoms with E-state index >= 15 is 0 Å². The number of fused-ring (bicyclic) bond motifs is 2. The van der Waals surface area contributed by atoms with Gasteiger partial charge in [-0.2, -0.15) is 10.1 Å². The zero-order valence-electron chi connectivity index (χ0n) is 34.0. The van der Waals surface area contributed by atoms with Crippen molar-refractivity contribution in [2.24, 2.45) is 0 Å². The van der Waals surface area contributed by atoms with Crippen molar-refractivity contribution in [3.05, 3.63) is 76.7 Å². The molecule has 6 amide bonds. The molecule has 5 aromatic rings. The fourth-order valence-electron chi connectivity index (χ4n) is 8.56. The summed E-state index contributed by atoms with van der Waals surface area (Å²) in [6.07, 6.45) is 7.52. The van der Waals surface area contributed by atoms with Crippen LogP contribution >= 0.6 is 0 Å². The summed E-state index contributed by atoms with van der Waals surface area (Å²) in [4.78, 5) is 82.6. The lowest BCUT2D eigenvalue weighted by Gasteiger charge is -2.36. The highest BCUT2D eigenvalue weighted by atomic mass is 16.5. The van der Waals surface area contributed by atoms with Crippen molar-refractivity contribution in [1.29, 1.82) is 0 Å². The van der Waals surface area contributed by atoms with Crippen molar-refractivity contribution in [3.63, 3.8) is 0 Å². The number of piperazine rings is 1. The van der Waals surface area contributed by atoms with Crippen molar-refractivity contribution >= 4 is 52.4 Å². The topological polar surface area (TPSA) is 222 Å². The second-order valence-electron chi connectivity index (χ2n) is 15.9. The van der Waals surface area contributed by atoms with Gasteiger partial charge in [-0.3, -0.25) is 29.5 Å². The van der Waals surface area contributed by atoms with Gasteiger partial charge in [0.2, 0.25) is 29.4 Å². The molecule has 1 aromatic carbocycles. The molecule has 0 spiro atoms. The number of benzene rings is 1. The van der Waals surface area contributed by atoms with E-state index in [2.05, 4.69) is 46.1 Å². The number of hydrogen-bond acceptors (Lipinski definition) is 13. The average molecular weight is 831 g/mol. The molecule has 8 heterocycles. The minimum absolute atomic E-state index is 0.0986. The third-order valence-corrected chi connectivity index (χ3v) is 11.7. The molecule has 19 heteroatoms. The smallest absolute Gasteiger partial charge is 0.323 e. The van der Waals surface area contributed by atoms with Crippen LogP contribution in [0, 0.1) is 13.8 Å². The number of hydrogen-bond donors (Lipinski definition) is 3. The molecule has 4 aliphatic rings. The lowest BCUT2D eigenvalue weighted by molar-refractivity contribution is -0.137. The molecule has 0 saturated carbocycles. The number of urea groups is 1. The van der Waals surface area contributed by atoms with Gasteiger partial charge in [0.25, 0.3) is 5.91 Å². The number of carbonyl (C=O) groups is 5. The van der Waals surface area contributed by atoms with E-state index < -0.39 is 18.0 Å². The predicted molar refractivity (Wildman–Crippen MR) is 219 cm³/mol. The van der Waals surface area contributed by atoms with Gasteiger partial charge in [0.05, 0.1) is 35.2 Å². The summed E-state index contributed by atoms with van der Waals surface area (Å²) < 4.78 is 13.2. The van der Waals surface area contributed by atoms with Crippen molar-refractivity contribution in [3.8, 4) is 11.5 Å². The van der Waals surface area contributed by atoms with E-state index in [9.17, 15) is 24.0 Å². The van der Waals surface area contributed by atoms with Crippen LogP contribution in [0.15, 0.2) is 47.2 Å². The maximum Gasteiger partial charge on any atom is 0.323 e. The molecule has 3 N–H and O–H groups in total. The molecule has 2 unspecified atom stereocenters. The van der Waals surface area contributed by atoms with Crippen LogP contribution < -0.4 is 20.9 Å². The van der Waals surface area contributed by atoms with E-state index in [0.29, 0.717) is 111 Å². The van der Waals surface area contributed by atoms with Gasteiger partial charge < -0.3 is 34.6 Å². The summed E-state index contributed by atoms with van der Waals surface area (Å²) in [5, 5.41) is 16.8. The third kappa shape index (κ3) is 8.24. The molecule has 2 atom stereocenters. The molecule has 3 fully saturated rings. The second kappa shape index (κ2) is 16.7. The van der Waals surface area contributed by atoms with Crippen LogP contribution in [-0.2, 0) is 32.1 Å². The average Bonchev–Trinajstić information content (AvgIpc) is 4.07. The Hall–Kier alpha value is -6.76. The van der Waals surface area contributed by atoms with Crippen molar-refractivity contribution < 1.29 is 33.2 Å². The molecular formula is C42H46N12O7. The Morgan fingerprint density at radius 2 is 1.82 bits per heavy atom. The number of aryl methyl sites for hydroxylation is 3. The van der Waals surface area contributed by atoms with Gasteiger partial charge >= 0.3 is 6.03 Å². The highest BCUT2D eigenvalue weighted by Gasteiger charge is 2.39. The molecule has 4 aromatic heterocycles. The van der Waals surface area contributed by atoms with Crippen LogP contribution in [0.5, 0.6) is 0 Å². The van der Waals surface area contributed by atoms with Gasteiger partial charge in [0.1, 0.15) is 17.8 Å². The Kier molecular flexibility index (Phi) is 10.9. The number of amides is 6. The van der Waals surface area contributed by atoms with E-state index in [0.717, 1.165) is 41.0 Å². The molecule has 0 aliphatic carbocycles. The Morgan fingerprint density at radius 3 is 2.61 bits per heavy atom. The number of anilines is 3. The van der Waals surface area contributed by atoms with Crippen LogP contribution in [0.2, 0.25) is 0 Å². The van der Waals surface area contributed by atoms with Gasteiger partial charge in [-0.05, 0) is 81.3 Å². The first-order valence-electron chi connectivity index (χ1n) is 20.7. The van der Waals surface area contributed by atoms with Gasteiger partial charge in [-0.1, -0.05) is 5.16 Å². The van der Waals surface area contributed by atoms with Crippen LogP contribution in [0.1, 0.15) is 89.8 Å². The summed E-state index contributed by atoms with van der Waals surface area (Å²) in [6, 6.07) is 8.28. The largest absolute Gasteiger partial charge is 0.372 e. The number of rotatable bonds is 11. The zero-order valence-corrected chi connectivity index (χ0v) is 34.0. The van der Waals surface area contributed by atoms with Crippen molar-refractivity contribution in [2.45, 2.75) is 83.9 Å². The summed E-state index contributed by atoms with van der Waals surface area (Å²) >= 11 is 0. The van der Waals surface area contributed by atoms with Crippen LogP contribution in [0.4, 0.5) is 21.9 Å². The standard InChI is InChI=1S/C42H46N12O7/c1-24-18-27(45-42(59)46-30-22-43-33-19-25(2)49-54(33)38(30)32-6-5-17-60-32)21-44-37(24)39-48-35(61-50-39)7-3-4-8-36(56)52-15-13-51(14-16-52)28-9-10-29-26(20-28)23-53(41(29)58)31-11-12-34(55)47-40(31)57/h9-10,18-22,31-32H,3-8,11-17,23H2,1-2H3,(H2,45,46,59)(H,47,55,57). The second-order valence-corrected chi connectivity index (χ2v) is 15.9. The fourth-order valence-corrected chi connectivity index (χ4v) is 8.56. The van der Waals surface area contributed by atoms with E-state index in [4.69, 9.17) is 9.26 Å². The first-order valence-corrected chi connectivity index (χ1v) is 20.7. The van der Waals surface area contributed by atoms with Crippen molar-refractivity contribution in [1.82, 2.24) is 44.8 Å². The maximum absolute atomic E-state index is 13.1. The number of unbranched alkanes of at least 4 members (excludes halogenated alkanes) is 1. The van der Waals surface area contributed by atoms with Crippen LogP contribution in [-0.4, -0.2) is 108 Å². The number of nitrogens with zero attached hydrogens (tertiary/aromatic N) is 9. The molecule has 3 saturated heterocycles. The highest BCUT2D eigenvalue weighted by molar-refractivity contribution is 6.05. The number of ether oxygens (including phenoxy) is 1. The summed E-state index contributed by atoms with van der Waals surface area (Å²) in [5.41, 5.74) is 6.94. The number of carbonyl (C=O) groups excluding carboxylic acids is 5. The number of imide groups is 1. The van der Waals surface area contributed by atoms with E-state index in [1.807, 2.05) is 43.0 Å². The third-order valence-electron chi connectivity index (χ3n) is 11.7. The minimum atomic E-state index is -0.649. The molecule has 4 aliphatic heterocycles. The Morgan fingerprint density at radius 1 is 0.967 bits per heavy atom. The van der Waals surface area contributed by atoms with Crippen molar-refractivity contribution in [2.75, 3.05) is 48.3 Å². The molecule has 0 bridgehead atoms. The normalized spacial score (nSPS) is 19.1. The van der Waals surface area contributed by atoms with E-state index in [-0.39, 0.29) is 30.2 Å².